The summed E-state index contributed by atoms with van der Waals surface area (Å²) in [5.74, 6) is 0. The van der Waals surface area contributed by atoms with Crippen molar-refractivity contribution in [2.75, 3.05) is 20.6 Å². The maximum absolute atomic E-state index is 3.73. The van der Waals surface area contributed by atoms with Gasteiger partial charge in [-0.25, -0.2) is 0 Å². The van der Waals surface area contributed by atoms with Crippen molar-refractivity contribution < 1.29 is 0 Å². The number of nitrogens with zero attached hydrogens (tertiary/aromatic N) is 1. The SMILES string of the molecule is C=CCC(C)(C)CN(C)C. The van der Waals surface area contributed by atoms with Gasteiger partial charge in [0, 0.05) is 6.54 Å². The molecule has 0 aliphatic carbocycles. The summed E-state index contributed by atoms with van der Waals surface area (Å²) < 4.78 is 0. The molecule has 0 aliphatic heterocycles. The first kappa shape index (κ1) is 9.70. The lowest BCUT2D eigenvalue weighted by Gasteiger charge is -2.26. The van der Waals surface area contributed by atoms with E-state index >= 15 is 0 Å². The summed E-state index contributed by atoms with van der Waals surface area (Å²) in [6.45, 7) is 9.38. The standard InChI is InChI=1S/C9H19N/c1-6-7-9(2,3)8-10(4)5/h6H,1,7-8H2,2-5H3. The van der Waals surface area contributed by atoms with Crippen LogP contribution in [0.4, 0.5) is 0 Å². The largest absolute Gasteiger partial charge is 0.309 e. The highest BCUT2D eigenvalue weighted by molar-refractivity contribution is 4.80. The summed E-state index contributed by atoms with van der Waals surface area (Å²) in [6.07, 6.45) is 3.08. The molecule has 0 saturated carbocycles. The number of rotatable bonds is 4. The monoisotopic (exact) mass is 141 g/mol. The van der Waals surface area contributed by atoms with Gasteiger partial charge in [-0.05, 0) is 25.9 Å². The van der Waals surface area contributed by atoms with Gasteiger partial charge in [0.25, 0.3) is 0 Å². The third kappa shape index (κ3) is 4.57. The molecule has 0 atom stereocenters. The highest BCUT2D eigenvalue weighted by Crippen LogP contribution is 2.20. The molecule has 0 spiro atoms. The van der Waals surface area contributed by atoms with Crippen LogP contribution in [0, 0.1) is 5.41 Å². The van der Waals surface area contributed by atoms with E-state index in [2.05, 4.69) is 39.4 Å². The second kappa shape index (κ2) is 3.77. The second-order valence-electron chi connectivity index (χ2n) is 3.89. The Balaban J connectivity index is 3.73. The van der Waals surface area contributed by atoms with Crippen molar-refractivity contribution in [1.29, 1.82) is 0 Å². The molecule has 0 aliphatic rings. The first-order chi connectivity index (χ1) is 4.48. The van der Waals surface area contributed by atoms with Crippen LogP contribution in [0.1, 0.15) is 20.3 Å². The molecule has 0 bridgehead atoms. The Bertz CT molecular complexity index is 103. The van der Waals surface area contributed by atoms with E-state index < -0.39 is 0 Å². The Morgan fingerprint density at radius 3 is 2.20 bits per heavy atom. The highest BCUT2D eigenvalue weighted by Gasteiger charge is 2.15. The minimum absolute atomic E-state index is 0.380. The predicted octanol–water partition coefficient (Wildman–Crippen LogP) is 2.15. The first-order valence-corrected chi connectivity index (χ1v) is 3.73. The Labute approximate surface area is 64.7 Å². The van der Waals surface area contributed by atoms with Gasteiger partial charge in [0.15, 0.2) is 0 Å². The maximum Gasteiger partial charge on any atom is 0.00295 e. The van der Waals surface area contributed by atoms with Gasteiger partial charge in [-0.15, -0.1) is 6.58 Å². The molecule has 0 rings (SSSR count). The molecule has 0 N–H and O–H groups in total. The normalized spacial score (nSPS) is 12.1. The third-order valence-corrected chi connectivity index (χ3v) is 1.44. The summed E-state index contributed by atoms with van der Waals surface area (Å²) in [4.78, 5) is 2.21. The van der Waals surface area contributed by atoms with Crippen molar-refractivity contribution in [3.8, 4) is 0 Å². The maximum atomic E-state index is 3.73. The topological polar surface area (TPSA) is 3.24 Å². The fourth-order valence-corrected chi connectivity index (χ4v) is 1.31. The first-order valence-electron chi connectivity index (χ1n) is 3.73. The number of allylic oxidation sites excluding steroid dienone is 1. The molecule has 0 radical (unpaired) electrons. The molecule has 10 heavy (non-hydrogen) atoms. The molecular formula is C9H19N. The molecular weight excluding hydrogens is 122 g/mol. The Hall–Kier alpha value is -0.300. The number of hydrogen-bond donors (Lipinski definition) is 0. The van der Waals surface area contributed by atoms with Crippen LogP contribution in [0.5, 0.6) is 0 Å². The van der Waals surface area contributed by atoms with Crippen molar-refractivity contribution in [2.45, 2.75) is 20.3 Å². The van der Waals surface area contributed by atoms with Gasteiger partial charge in [0.1, 0.15) is 0 Å². The van der Waals surface area contributed by atoms with Crippen LogP contribution >= 0.6 is 0 Å². The average molecular weight is 141 g/mol. The van der Waals surface area contributed by atoms with E-state index in [-0.39, 0.29) is 0 Å². The van der Waals surface area contributed by atoms with Crippen molar-refractivity contribution in [3.05, 3.63) is 12.7 Å². The van der Waals surface area contributed by atoms with Gasteiger partial charge in [0.2, 0.25) is 0 Å². The zero-order valence-corrected chi connectivity index (χ0v) is 7.65. The van der Waals surface area contributed by atoms with E-state index in [4.69, 9.17) is 0 Å². The van der Waals surface area contributed by atoms with Gasteiger partial charge in [-0.1, -0.05) is 19.9 Å². The predicted molar refractivity (Wildman–Crippen MR) is 47.1 cm³/mol. The van der Waals surface area contributed by atoms with Crippen molar-refractivity contribution in [1.82, 2.24) is 4.90 Å². The summed E-state index contributed by atoms with van der Waals surface area (Å²) in [5.41, 5.74) is 0.380. The fourth-order valence-electron chi connectivity index (χ4n) is 1.31. The smallest absolute Gasteiger partial charge is 0.00295 e. The van der Waals surface area contributed by atoms with Crippen LogP contribution in [0.15, 0.2) is 12.7 Å². The second-order valence-corrected chi connectivity index (χ2v) is 3.89. The van der Waals surface area contributed by atoms with Crippen LogP contribution in [0.25, 0.3) is 0 Å². The van der Waals surface area contributed by atoms with E-state index in [0.717, 1.165) is 13.0 Å². The minimum Gasteiger partial charge on any atom is -0.309 e. The lowest BCUT2D eigenvalue weighted by molar-refractivity contribution is 0.243. The molecule has 0 amide bonds. The van der Waals surface area contributed by atoms with Crippen molar-refractivity contribution in [3.63, 3.8) is 0 Å². The average Bonchev–Trinajstić information content (AvgIpc) is 1.59. The quantitative estimate of drug-likeness (QED) is 0.542. The minimum atomic E-state index is 0.380. The van der Waals surface area contributed by atoms with E-state index in [1.54, 1.807) is 0 Å². The molecule has 0 aromatic heterocycles. The summed E-state index contributed by atoms with van der Waals surface area (Å²) >= 11 is 0. The molecule has 0 fully saturated rings. The van der Waals surface area contributed by atoms with Crippen molar-refractivity contribution in [2.24, 2.45) is 5.41 Å². The molecule has 1 heteroatoms. The van der Waals surface area contributed by atoms with E-state index in [1.165, 1.54) is 0 Å². The van der Waals surface area contributed by atoms with Crippen LogP contribution in [-0.4, -0.2) is 25.5 Å². The summed E-state index contributed by atoms with van der Waals surface area (Å²) in [6, 6.07) is 0. The molecule has 0 aromatic rings. The van der Waals surface area contributed by atoms with E-state index in [1.807, 2.05) is 6.08 Å². The molecule has 0 saturated heterocycles. The van der Waals surface area contributed by atoms with Crippen LogP contribution in [0.2, 0.25) is 0 Å². The zero-order valence-electron chi connectivity index (χ0n) is 7.65. The molecule has 60 valence electrons. The highest BCUT2D eigenvalue weighted by atomic mass is 15.1. The van der Waals surface area contributed by atoms with Gasteiger partial charge in [0.05, 0.1) is 0 Å². The number of hydrogen-bond acceptors (Lipinski definition) is 1. The summed E-state index contributed by atoms with van der Waals surface area (Å²) in [7, 11) is 4.20. The summed E-state index contributed by atoms with van der Waals surface area (Å²) in [5, 5.41) is 0. The third-order valence-electron chi connectivity index (χ3n) is 1.44. The molecule has 1 nitrogen and oxygen atoms in total. The van der Waals surface area contributed by atoms with E-state index in [9.17, 15) is 0 Å². The zero-order chi connectivity index (χ0) is 8.20. The van der Waals surface area contributed by atoms with Crippen LogP contribution in [0.3, 0.4) is 0 Å². The lowest BCUT2D eigenvalue weighted by atomic mass is 9.89. The molecule has 0 heterocycles. The van der Waals surface area contributed by atoms with E-state index in [0.29, 0.717) is 5.41 Å². The fraction of sp³-hybridized carbons (Fsp3) is 0.778. The Morgan fingerprint density at radius 2 is 1.90 bits per heavy atom. The molecule has 0 aromatic carbocycles. The molecule has 0 unspecified atom stereocenters. The van der Waals surface area contributed by atoms with Gasteiger partial charge in [-0.2, -0.15) is 0 Å². The Kier molecular flexibility index (Phi) is 3.66. The Morgan fingerprint density at radius 1 is 1.40 bits per heavy atom. The van der Waals surface area contributed by atoms with Gasteiger partial charge < -0.3 is 4.90 Å². The van der Waals surface area contributed by atoms with Crippen LogP contribution in [-0.2, 0) is 0 Å². The van der Waals surface area contributed by atoms with Gasteiger partial charge >= 0.3 is 0 Å². The van der Waals surface area contributed by atoms with Gasteiger partial charge in [-0.3, -0.25) is 0 Å². The van der Waals surface area contributed by atoms with Crippen molar-refractivity contribution >= 4 is 0 Å². The van der Waals surface area contributed by atoms with Crippen LogP contribution < -0.4 is 0 Å². The lowest BCUT2D eigenvalue weighted by Crippen LogP contribution is -2.27.